The van der Waals surface area contributed by atoms with E-state index in [2.05, 4.69) is 50.3 Å². The maximum Gasteiger partial charge on any atom is 0.119 e. The molecular weight excluding hydrogens is 428 g/mol. The molecule has 3 aromatic carbocycles. The summed E-state index contributed by atoms with van der Waals surface area (Å²) >= 11 is 0. The second kappa shape index (κ2) is 11.7. The van der Waals surface area contributed by atoms with Gasteiger partial charge in [0.2, 0.25) is 0 Å². The first-order valence-corrected chi connectivity index (χ1v) is 13.0. The van der Waals surface area contributed by atoms with Crippen molar-refractivity contribution >= 4 is 0 Å². The monoisotopic (exact) mass is 462 g/mol. The SMILES string of the molecule is CCCOc1ccc(-c2ccc(-c3ccc(C4CCC(CCC)CC4)cc3)c(C#N)c2C#N)cc1. The lowest BCUT2D eigenvalue weighted by molar-refractivity contribution is 0.308. The van der Waals surface area contributed by atoms with Crippen LogP contribution in [0.2, 0.25) is 0 Å². The van der Waals surface area contributed by atoms with E-state index >= 15 is 0 Å². The molecule has 0 bridgehead atoms. The van der Waals surface area contributed by atoms with Crippen LogP contribution in [0.4, 0.5) is 0 Å². The third-order valence-electron chi connectivity index (χ3n) is 7.30. The third-order valence-corrected chi connectivity index (χ3v) is 7.30. The van der Waals surface area contributed by atoms with Gasteiger partial charge in [0.05, 0.1) is 17.7 Å². The van der Waals surface area contributed by atoms with Crippen LogP contribution in [0, 0.1) is 28.6 Å². The number of ether oxygens (including phenoxy) is 1. The van der Waals surface area contributed by atoms with E-state index in [1.54, 1.807) is 0 Å². The van der Waals surface area contributed by atoms with Crippen molar-refractivity contribution in [2.75, 3.05) is 6.61 Å². The lowest BCUT2D eigenvalue weighted by Gasteiger charge is -2.28. The molecule has 0 atom stereocenters. The van der Waals surface area contributed by atoms with Crippen LogP contribution in [0.5, 0.6) is 5.75 Å². The maximum absolute atomic E-state index is 10.0. The number of hydrogen-bond donors (Lipinski definition) is 0. The predicted octanol–water partition coefficient (Wildman–Crippen LogP) is 8.63. The van der Waals surface area contributed by atoms with Gasteiger partial charge in [0.15, 0.2) is 0 Å². The maximum atomic E-state index is 10.0. The molecule has 1 aliphatic rings. The van der Waals surface area contributed by atoms with Crippen molar-refractivity contribution in [3.63, 3.8) is 0 Å². The van der Waals surface area contributed by atoms with E-state index in [0.717, 1.165) is 40.3 Å². The van der Waals surface area contributed by atoms with Crippen molar-refractivity contribution in [2.24, 2.45) is 5.92 Å². The van der Waals surface area contributed by atoms with Gasteiger partial charge >= 0.3 is 0 Å². The smallest absolute Gasteiger partial charge is 0.119 e. The molecule has 178 valence electrons. The Morgan fingerprint density at radius 2 is 1.26 bits per heavy atom. The van der Waals surface area contributed by atoms with E-state index in [1.165, 1.54) is 44.1 Å². The van der Waals surface area contributed by atoms with Crippen LogP contribution in [0.1, 0.15) is 81.4 Å². The molecule has 1 aliphatic carbocycles. The first kappa shape index (κ1) is 24.6. The summed E-state index contributed by atoms with van der Waals surface area (Å²) in [7, 11) is 0. The van der Waals surface area contributed by atoms with E-state index in [4.69, 9.17) is 4.74 Å². The molecule has 35 heavy (non-hydrogen) atoms. The molecule has 3 heteroatoms. The predicted molar refractivity (Wildman–Crippen MR) is 142 cm³/mol. The van der Waals surface area contributed by atoms with Crippen molar-refractivity contribution in [1.82, 2.24) is 0 Å². The van der Waals surface area contributed by atoms with E-state index in [9.17, 15) is 10.5 Å². The van der Waals surface area contributed by atoms with Gasteiger partial charge in [-0.2, -0.15) is 10.5 Å². The van der Waals surface area contributed by atoms with E-state index in [0.29, 0.717) is 23.7 Å². The van der Waals surface area contributed by atoms with E-state index in [-0.39, 0.29) is 0 Å². The topological polar surface area (TPSA) is 56.8 Å². The first-order chi connectivity index (χ1) is 17.2. The van der Waals surface area contributed by atoms with Crippen LogP contribution in [0.25, 0.3) is 22.3 Å². The summed E-state index contributed by atoms with van der Waals surface area (Å²) in [5.74, 6) is 2.34. The van der Waals surface area contributed by atoms with Crippen molar-refractivity contribution in [3.05, 3.63) is 77.4 Å². The Balaban J connectivity index is 1.58. The minimum Gasteiger partial charge on any atom is -0.494 e. The highest BCUT2D eigenvalue weighted by atomic mass is 16.5. The molecule has 1 saturated carbocycles. The van der Waals surface area contributed by atoms with Crippen molar-refractivity contribution < 1.29 is 4.74 Å². The normalized spacial score (nSPS) is 17.4. The van der Waals surface area contributed by atoms with Gasteiger partial charge in [-0.15, -0.1) is 0 Å². The molecule has 0 spiro atoms. The van der Waals surface area contributed by atoms with Gasteiger partial charge in [-0.1, -0.05) is 75.2 Å². The number of rotatable bonds is 8. The average molecular weight is 463 g/mol. The standard InChI is InChI=1S/C32H34N2O/c1-3-5-23-6-8-24(9-7-23)25-10-12-26(13-11-25)29-18-19-30(32(22-34)31(29)21-33)27-14-16-28(17-15-27)35-20-4-2/h10-19,23-24H,3-9,20H2,1-2H3. The molecule has 0 aromatic heterocycles. The van der Waals surface area contributed by atoms with Crippen molar-refractivity contribution in [2.45, 2.75) is 64.7 Å². The minimum absolute atomic E-state index is 0.422. The summed E-state index contributed by atoms with van der Waals surface area (Å²) in [6, 6.07) is 24.9. The summed E-state index contributed by atoms with van der Waals surface area (Å²) in [4.78, 5) is 0. The summed E-state index contributed by atoms with van der Waals surface area (Å²) in [5.41, 5.74) is 5.72. The van der Waals surface area contributed by atoms with Gasteiger partial charge in [0.1, 0.15) is 17.9 Å². The van der Waals surface area contributed by atoms with Gasteiger partial charge in [0, 0.05) is 11.1 Å². The third kappa shape index (κ3) is 5.58. The average Bonchev–Trinajstić information content (AvgIpc) is 2.92. The molecule has 0 amide bonds. The lowest BCUT2D eigenvalue weighted by atomic mass is 9.77. The molecule has 0 unspecified atom stereocenters. The molecule has 3 aromatic rings. The molecule has 4 rings (SSSR count). The van der Waals surface area contributed by atoms with Crippen LogP contribution in [-0.4, -0.2) is 6.61 Å². The van der Waals surface area contributed by atoms with E-state index in [1.807, 2.05) is 36.4 Å². The first-order valence-electron chi connectivity index (χ1n) is 13.0. The highest BCUT2D eigenvalue weighted by Crippen LogP contribution is 2.39. The lowest BCUT2D eigenvalue weighted by Crippen LogP contribution is -2.13. The van der Waals surface area contributed by atoms with Crippen LogP contribution >= 0.6 is 0 Å². The van der Waals surface area contributed by atoms with Crippen LogP contribution in [0.3, 0.4) is 0 Å². The molecular formula is C32H34N2O. The second-order valence-corrected chi connectivity index (χ2v) is 9.64. The Bertz CT molecular complexity index is 1200. The molecule has 0 saturated heterocycles. The molecule has 0 radical (unpaired) electrons. The number of benzene rings is 3. The summed E-state index contributed by atoms with van der Waals surface area (Å²) < 4.78 is 5.68. The van der Waals surface area contributed by atoms with Crippen molar-refractivity contribution in [3.8, 4) is 40.1 Å². The number of nitriles is 2. The Morgan fingerprint density at radius 3 is 1.74 bits per heavy atom. The molecule has 0 aliphatic heterocycles. The van der Waals surface area contributed by atoms with Gasteiger partial charge in [0.25, 0.3) is 0 Å². The molecule has 0 heterocycles. The Kier molecular flexibility index (Phi) is 8.23. The highest BCUT2D eigenvalue weighted by Gasteiger charge is 2.22. The van der Waals surface area contributed by atoms with Gasteiger partial charge in [-0.3, -0.25) is 0 Å². The van der Waals surface area contributed by atoms with Crippen molar-refractivity contribution in [1.29, 1.82) is 10.5 Å². The fourth-order valence-electron chi connectivity index (χ4n) is 5.39. The zero-order chi connectivity index (χ0) is 24.6. The second-order valence-electron chi connectivity index (χ2n) is 9.64. The van der Waals surface area contributed by atoms with Crippen LogP contribution in [-0.2, 0) is 0 Å². The largest absolute Gasteiger partial charge is 0.494 e. The van der Waals surface area contributed by atoms with Crippen LogP contribution < -0.4 is 4.74 Å². The Labute approximate surface area is 210 Å². The summed E-state index contributed by atoms with van der Waals surface area (Å²) in [6.07, 6.45) is 8.79. The van der Waals surface area contributed by atoms with Gasteiger partial charge in [-0.05, 0) is 72.8 Å². The fourth-order valence-corrected chi connectivity index (χ4v) is 5.39. The zero-order valence-electron chi connectivity index (χ0n) is 20.9. The molecule has 1 fully saturated rings. The summed E-state index contributed by atoms with van der Waals surface area (Å²) in [6.45, 7) is 5.03. The highest BCUT2D eigenvalue weighted by molar-refractivity contribution is 5.82. The Hall–Kier alpha value is -3.56. The minimum atomic E-state index is 0.422. The number of hydrogen-bond acceptors (Lipinski definition) is 3. The summed E-state index contributed by atoms with van der Waals surface area (Å²) in [5, 5.41) is 20.0. The number of nitrogens with zero attached hydrogens (tertiary/aromatic N) is 2. The molecule has 3 nitrogen and oxygen atoms in total. The fraction of sp³-hybridized carbons (Fsp3) is 0.375. The van der Waals surface area contributed by atoms with Gasteiger partial charge in [-0.25, -0.2) is 0 Å². The van der Waals surface area contributed by atoms with Gasteiger partial charge < -0.3 is 4.74 Å². The van der Waals surface area contributed by atoms with Crippen LogP contribution in [0.15, 0.2) is 60.7 Å². The zero-order valence-corrected chi connectivity index (χ0v) is 20.9. The molecule has 0 N–H and O–H groups in total. The Morgan fingerprint density at radius 1 is 0.714 bits per heavy atom. The quantitative estimate of drug-likeness (QED) is 0.336. The van der Waals surface area contributed by atoms with E-state index < -0.39 is 0 Å².